The molecule has 0 aliphatic heterocycles. The van der Waals surface area contributed by atoms with Crippen LogP contribution in [0.1, 0.15) is 13.0 Å². The molecule has 0 bridgehead atoms. The van der Waals surface area contributed by atoms with Crippen molar-refractivity contribution in [2.24, 2.45) is 0 Å². The molecule has 6 nitrogen and oxygen atoms in total. The Labute approximate surface area is 175 Å². The zero-order valence-corrected chi connectivity index (χ0v) is 15.5. The van der Waals surface area contributed by atoms with Crippen LogP contribution in [0.5, 0.6) is 11.5 Å². The number of nitrogens with one attached hydrogen (secondary N) is 1. The molecule has 0 saturated heterocycles. The molecule has 0 aliphatic carbocycles. The first-order valence-electron chi connectivity index (χ1n) is 9.11. The van der Waals surface area contributed by atoms with Crippen LogP contribution in [-0.2, 0) is 11.2 Å². The van der Waals surface area contributed by atoms with E-state index < -0.39 is 0 Å². The van der Waals surface area contributed by atoms with Gasteiger partial charge >= 0.3 is 0 Å². The molecule has 4 aromatic rings. The number of phenols is 2. The molecule has 1 heterocycles. The Morgan fingerprint density at radius 2 is 1.73 bits per heavy atom. The van der Waals surface area contributed by atoms with E-state index in [-0.39, 0.29) is 24.8 Å². The maximum atomic E-state index is 12.4. The summed E-state index contributed by atoms with van der Waals surface area (Å²) in [6.07, 6.45) is 1.92. The lowest BCUT2D eigenvalue weighted by Crippen LogP contribution is -2.14. The minimum absolute atomic E-state index is 0. The second kappa shape index (κ2) is 8.96. The summed E-state index contributed by atoms with van der Waals surface area (Å²) in [5, 5.41) is 27.0. The molecule has 152 valence electrons. The highest BCUT2D eigenvalue weighted by atomic mass is 16.3. The average molecular weight is 401 g/mol. The Morgan fingerprint density at radius 1 is 0.933 bits per heavy atom. The lowest BCUT2D eigenvalue weighted by molar-refractivity contribution is -0.115. The van der Waals surface area contributed by atoms with Crippen LogP contribution >= 0.6 is 0 Å². The standard InChI is InChI=1S/C23H19N3O3.CH4/c27-19-9-10-20(22(28)15-19)21-11-12-24-26(21)18-8-4-7-17(14-18)25-23(29)13-16-5-2-1-3-6-16;/h1-12,14-15,27-28H,13H2,(H,25,29);1H4. The fourth-order valence-corrected chi connectivity index (χ4v) is 3.15. The number of nitrogens with zero attached hydrogens (tertiary/aromatic N) is 2. The summed E-state index contributed by atoms with van der Waals surface area (Å²) < 4.78 is 1.67. The molecule has 1 aromatic heterocycles. The summed E-state index contributed by atoms with van der Waals surface area (Å²) in [5.74, 6) is -0.162. The number of hydrogen-bond donors (Lipinski definition) is 3. The lowest BCUT2D eigenvalue weighted by atomic mass is 10.1. The molecule has 3 aromatic carbocycles. The first-order chi connectivity index (χ1) is 14.1. The van der Waals surface area contributed by atoms with Gasteiger partial charge in [0, 0.05) is 17.3 Å². The van der Waals surface area contributed by atoms with Crippen LogP contribution in [0.2, 0.25) is 0 Å². The number of phenolic OH excluding ortho intramolecular Hbond substituents is 2. The Hall–Kier alpha value is -4.06. The molecule has 0 aliphatic rings. The molecule has 0 atom stereocenters. The maximum absolute atomic E-state index is 12.4. The van der Waals surface area contributed by atoms with Crippen molar-refractivity contribution in [2.45, 2.75) is 13.8 Å². The van der Waals surface area contributed by atoms with Gasteiger partial charge in [0.1, 0.15) is 11.5 Å². The maximum Gasteiger partial charge on any atom is 0.228 e. The summed E-state index contributed by atoms with van der Waals surface area (Å²) >= 11 is 0. The molecule has 0 saturated carbocycles. The second-order valence-corrected chi connectivity index (χ2v) is 6.59. The molecule has 4 rings (SSSR count). The number of aromatic hydroxyl groups is 2. The van der Waals surface area contributed by atoms with Crippen molar-refractivity contribution in [3.8, 4) is 28.4 Å². The van der Waals surface area contributed by atoms with E-state index in [4.69, 9.17) is 0 Å². The third-order valence-corrected chi connectivity index (χ3v) is 4.48. The number of rotatable bonds is 5. The van der Waals surface area contributed by atoms with Crippen LogP contribution in [0.15, 0.2) is 85.1 Å². The van der Waals surface area contributed by atoms with Gasteiger partial charge < -0.3 is 15.5 Å². The first-order valence-corrected chi connectivity index (χ1v) is 9.11. The van der Waals surface area contributed by atoms with Gasteiger partial charge in [-0.2, -0.15) is 5.10 Å². The quantitative estimate of drug-likeness (QED) is 0.450. The Balaban J connectivity index is 0.00000256. The lowest BCUT2D eigenvalue weighted by Gasteiger charge is -2.11. The molecule has 0 radical (unpaired) electrons. The van der Waals surface area contributed by atoms with E-state index in [0.29, 0.717) is 23.4 Å². The van der Waals surface area contributed by atoms with Crippen LogP contribution < -0.4 is 5.32 Å². The summed E-state index contributed by atoms with van der Waals surface area (Å²) in [6, 6.07) is 23.1. The van der Waals surface area contributed by atoms with Crippen molar-refractivity contribution in [3.05, 3.63) is 90.6 Å². The predicted octanol–water partition coefficient (Wildman–Crippen LogP) is 4.77. The van der Waals surface area contributed by atoms with Gasteiger partial charge in [-0.05, 0) is 42.0 Å². The van der Waals surface area contributed by atoms with E-state index in [1.54, 1.807) is 23.0 Å². The average Bonchev–Trinajstić information content (AvgIpc) is 3.18. The minimum Gasteiger partial charge on any atom is -0.508 e. The molecule has 0 spiro atoms. The van der Waals surface area contributed by atoms with E-state index in [0.717, 1.165) is 11.3 Å². The van der Waals surface area contributed by atoms with Crippen LogP contribution in [-0.4, -0.2) is 25.9 Å². The summed E-state index contributed by atoms with van der Waals surface area (Å²) in [4.78, 5) is 12.4. The number of aromatic nitrogens is 2. The van der Waals surface area contributed by atoms with Crippen LogP contribution in [0.4, 0.5) is 5.69 Å². The monoisotopic (exact) mass is 401 g/mol. The van der Waals surface area contributed by atoms with E-state index >= 15 is 0 Å². The van der Waals surface area contributed by atoms with Crippen molar-refractivity contribution in [1.82, 2.24) is 9.78 Å². The zero-order valence-electron chi connectivity index (χ0n) is 15.5. The molecule has 0 fully saturated rings. The van der Waals surface area contributed by atoms with Crippen molar-refractivity contribution in [2.75, 3.05) is 5.32 Å². The number of amides is 1. The topological polar surface area (TPSA) is 87.4 Å². The van der Waals surface area contributed by atoms with Crippen LogP contribution in [0, 0.1) is 0 Å². The SMILES string of the molecule is C.O=C(Cc1ccccc1)Nc1cccc(-n2nccc2-c2ccc(O)cc2O)c1. The van der Waals surface area contributed by atoms with Crippen LogP contribution in [0.25, 0.3) is 16.9 Å². The van der Waals surface area contributed by atoms with E-state index in [1.807, 2.05) is 54.6 Å². The molecule has 3 N–H and O–H groups in total. The Kier molecular flexibility index (Phi) is 6.17. The molecular weight excluding hydrogens is 378 g/mol. The van der Waals surface area contributed by atoms with Gasteiger partial charge in [-0.1, -0.05) is 43.8 Å². The molecule has 0 unspecified atom stereocenters. The number of carbonyl (C=O) groups is 1. The van der Waals surface area contributed by atoms with Gasteiger partial charge in [-0.3, -0.25) is 4.79 Å². The summed E-state index contributed by atoms with van der Waals surface area (Å²) in [7, 11) is 0. The third-order valence-electron chi connectivity index (χ3n) is 4.48. The zero-order chi connectivity index (χ0) is 20.2. The number of hydrogen-bond acceptors (Lipinski definition) is 4. The smallest absolute Gasteiger partial charge is 0.228 e. The second-order valence-electron chi connectivity index (χ2n) is 6.59. The van der Waals surface area contributed by atoms with Crippen LogP contribution in [0.3, 0.4) is 0 Å². The van der Waals surface area contributed by atoms with Gasteiger partial charge in [0.15, 0.2) is 0 Å². The first kappa shape index (κ1) is 20.7. The van der Waals surface area contributed by atoms with Gasteiger partial charge in [-0.25, -0.2) is 4.68 Å². The van der Waals surface area contributed by atoms with Gasteiger partial charge in [0.05, 0.1) is 24.0 Å². The summed E-state index contributed by atoms with van der Waals surface area (Å²) in [6.45, 7) is 0. The van der Waals surface area contributed by atoms with Crippen molar-refractivity contribution < 1.29 is 15.0 Å². The number of benzene rings is 3. The number of anilines is 1. The van der Waals surface area contributed by atoms with Crippen molar-refractivity contribution in [3.63, 3.8) is 0 Å². The fourth-order valence-electron chi connectivity index (χ4n) is 3.15. The third kappa shape index (κ3) is 4.50. The molecule has 6 heteroatoms. The van der Waals surface area contributed by atoms with Gasteiger partial charge in [0.25, 0.3) is 0 Å². The predicted molar refractivity (Wildman–Crippen MR) is 118 cm³/mol. The Morgan fingerprint density at radius 3 is 2.50 bits per heavy atom. The highest BCUT2D eigenvalue weighted by molar-refractivity contribution is 5.92. The highest BCUT2D eigenvalue weighted by Gasteiger charge is 2.13. The molecule has 30 heavy (non-hydrogen) atoms. The van der Waals surface area contributed by atoms with Gasteiger partial charge in [0.2, 0.25) is 5.91 Å². The molecular formula is C24H23N3O3. The van der Waals surface area contributed by atoms with Crippen molar-refractivity contribution >= 4 is 11.6 Å². The Bertz CT molecular complexity index is 1150. The van der Waals surface area contributed by atoms with E-state index in [1.165, 1.54) is 12.1 Å². The highest BCUT2D eigenvalue weighted by Crippen LogP contribution is 2.33. The summed E-state index contributed by atoms with van der Waals surface area (Å²) in [5.41, 5.74) is 3.53. The minimum atomic E-state index is -0.106. The number of carbonyl (C=O) groups excluding carboxylic acids is 1. The van der Waals surface area contributed by atoms with E-state index in [2.05, 4.69) is 10.4 Å². The molecule has 1 amide bonds. The van der Waals surface area contributed by atoms with E-state index in [9.17, 15) is 15.0 Å². The largest absolute Gasteiger partial charge is 0.508 e. The van der Waals surface area contributed by atoms with Crippen molar-refractivity contribution in [1.29, 1.82) is 0 Å². The normalized spacial score (nSPS) is 10.3. The fraction of sp³-hybridized carbons (Fsp3) is 0.0833. The van der Waals surface area contributed by atoms with Gasteiger partial charge in [-0.15, -0.1) is 0 Å².